The largest absolute Gasteiger partial charge is 0.315 e. The molecule has 1 aromatic rings. The molecule has 2 heteroatoms. The molecule has 0 aliphatic carbocycles. The van der Waals surface area contributed by atoms with E-state index in [2.05, 4.69) is 48.3 Å². The number of fused-ring (bicyclic) bond motifs is 1. The zero-order chi connectivity index (χ0) is 13.5. The molecule has 1 aromatic carbocycles. The second-order valence-corrected chi connectivity index (χ2v) is 6.08. The van der Waals surface area contributed by atoms with Gasteiger partial charge in [-0.3, -0.25) is 4.90 Å². The number of hydrogen-bond acceptors (Lipinski definition) is 2. The topological polar surface area (TPSA) is 15.3 Å². The van der Waals surface area contributed by atoms with Gasteiger partial charge in [-0.2, -0.15) is 0 Å². The minimum Gasteiger partial charge on any atom is -0.315 e. The SMILES string of the molecule is CC(C)CCCNCCN1CCc2ccccc2C1. The quantitative estimate of drug-likeness (QED) is 0.758. The summed E-state index contributed by atoms with van der Waals surface area (Å²) in [6.07, 6.45) is 3.86. The van der Waals surface area contributed by atoms with Gasteiger partial charge < -0.3 is 5.32 Å². The summed E-state index contributed by atoms with van der Waals surface area (Å²) in [5, 5.41) is 3.57. The maximum atomic E-state index is 3.57. The Morgan fingerprint density at radius 2 is 1.95 bits per heavy atom. The van der Waals surface area contributed by atoms with Gasteiger partial charge in [-0.1, -0.05) is 38.1 Å². The summed E-state index contributed by atoms with van der Waals surface area (Å²) in [6.45, 7) is 10.4. The number of benzene rings is 1. The molecular weight excluding hydrogens is 232 g/mol. The summed E-state index contributed by atoms with van der Waals surface area (Å²) in [5.41, 5.74) is 3.07. The van der Waals surface area contributed by atoms with Crippen LogP contribution >= 0.6 is 0 Å². The molecule has 1 aliphatic heterocycles. The number of nitrogens with zero attached hydrogens (tertiary/aromatic N) is 1. The minimum atomic E-state index is 0.834. The van der Waals surface area contributed by atoms with Gasteiger partial charge in [-0.25, -0.2) is 0 Å². The highest BCUT2D eigenvalue weighted by molar-refractivity contribution is 5.28. The molecule has 0 aromatic heterocycles. The predicted molar refractivity (Wildman–Crippen MR) is 82.4 cm³/mol. The van der Waals surface area contributed by atoms with E-state index in [9.17, 15) is 0 Å². The van der Waals surface area contributed by atoms with Crippen molar-refractivity contribution in [2.75, 3.05) is 26.2 Å². The van der Waals surface area contributed by atoms with Crippen LogP contribution in [-0.4, -0.2) is 31.1 Å². The smallest absolute Gasteiger partial charge is 0.0237 e. The predicted octanol–water partition coefficient (Wildman–Crippen LogP) is 3.07. The highest BCUT2D eigenvalue weighted by Crippen LogP contribution is 2.17. The van der Waals surface area contributed by atoms with E-state index in [1.54, 1.807) is 5.56 Å². The van der Waals surface area contributed by atoms with E-state index in [0.29, 0.717) is 0 Å². The van der Waals surface area contributed by atoms with E-state index in [-0.39, 0.29) is 0 Å². The van der Waals surface area contributed by atoms with Gasteiger partial charge in [0.05, 0.1) is 0 Å². The lowest BCUT2D eigenvalue weighted by Gasteiger charge is -2.28. The van der Waals surface area contributed by atoms with Crippen molar-refractivity contribution >= 4 is 0 Å². The van der Waals surface area contributed by atoms with E-state index in [4.69, 9.17) is 0 Å². The van der Waals surface area contributed by atoms with Crippen LogP contribution in [0.4, 0.5) is 0 Å². The molecule has 0 amide bonds. The molecule has 0 saturated carbocycles. The van der Waals surface area contributed by atoms with Gasteiger partial charge in [0.1, 0.15) is 0 Å². The standard InChI is InChI=1S/C17H28N2/c1-15(2)6-5-10-18-11-13-19-12-9-16-7-3-4-8-17(16)14-19/h3-4,7-8,15,18H,5-6,9-14H2,1-2H3. The Bertz CT molecular complexity index is 373. The first-order chi connectivity index (χ1) is 9.25. The van der Waals surface area contributed by atoms with Gasteiger partial charge in [-0.05, 0) is 42.9 Å². The Labute approximate surface area is 118 Å². The molecule has 1 N–H and O–H groups in total. The third kappa shape index (κ3) is 4.96. The van der Waals surface area contributed by atoms with E-state index >= 15 is 0 Å². The highest BCUT2D eigenvalue weighted by Gasteiger charge is 2.14. The maximum absolute atomic E-state index is 3.57. The summed E-state index contributed by atoms with van der Waals surface area (Å²) in [4.78, 5) is 2.57. The molecule has 0 fully saturated rings. The Balaban J connectivity index is 1.61. The van der Waals surface area contributed by atoms with Crippen molar-refractivity contribution in [2.24, 2.45) is 5.92 Å². The van der Waals surface area contributed by atoms with Crippen molar-refractivity contribution in [3.63, 3.8) is 0 Å². The lowest BCUT2D eigenvalue weighted by molar-refractivity contribution is 0.254. The second-order valence-electron chi connectivity index (χ2n) is 6.08. The van der Waals surface area contributed by atoms with E-state index < -0.39 is 0 Å². The molecule has 0 saturated heterocycles. The third-order valence-electron chi connectivity index (χ3n) is 3.95. The Hall–Kier alpha value is -0.860. The minimum absolute atomic E-state index is 0.834. The zero-order valence-corrected chi connectivity index (χ0v) is 12.5. The average molecular weight is 260 g/mol. The van der Waals surface area contributed by atoms with Crippen LogP contribution in [0.3, 0.4) is 0 Å². The van der Waals surface area contributed by atoms with Gasteiger partial charge >= 0.3 is 0 Å². The van der Waals surface area contributed by atoms with Crippen molar-refractivity contribution in [3.8, 4) is 0 Å². The first-order valence-electron chi connectivity index (χ1n) is 7.75. The van der Waals surface area contributed by atoms with E-state index in [0.717, 1.165) is 19.0 Å². The highest BCUT2D eigenvalue weighted by atomic mass is 15.1. The van der Waals surface area contributed by atoms with Crippen LogP contribution in [0.1, 0.15) is 37.8 Å². The number of hydrogen-bond donors (Lipinski definition) is 1. The summed E-state index contributed by atoms with van der Waals surface area (Å²) < 4.78 is 0. The van der Waals surface area contributed by atoms with Crippen molar-refractivity contribution < 1.29 is 0 Å². The monoisotopic (exact) mass is 260 g/mol. The molecule has 0 atom stereocenters. The first-order valence-corrected chi connectivity index (χ1v) is 7.75. The lowest BCUT2D eigenvalue weighted by atomic mass is 10.00. The average Bonchev–Trinajstić information content (AvgIpc) is 2.42. The summed E-state index contributed by atoms with van der Waals surface area (Å²) >= 11 is 0. The zero-order valence-electron chi connectivity index (χ0n) is 12.5. The molecule has 0 spiro atoms. The van der Waals surface area contributed by atoms with Crippen LogP contribution in [-0.2, 0) is 13.0 Å². The van der Waals surface area contributed by atoms with Gasteiger partial charge in [0.15, 0.2) is 0 Å². The van der Waals surface area contributed by atoms with Crippen LogP contribution in [0.5, 0.6) is 0 Å². The second kappa shape index (κ2) is 7.66. The van der Waals surface area contributed by atoms with E-state index in [1.807, 2.05) is 0 Å². The fraction of sp³-hybridized carbons (Fsp3) is 0.647. The van der Waals surface area contributed by atoms with Crippen molar-refractivity contribution in [2.45, 2.75) is 39.7 Å². The first kappa shape index (κ1) is 14.5. The van der Waals surface area contributed by atoms with Crippen LogP contribution in [0.15, 0.2) is 24.3 Å². The van der Waals surface area contributed by atoms with Crippen molar-refractivity contribution in [3.05, 3.63) is 35.4 Å². The molecule has 2 rings (SSSR count). The number of rotatable bonds is 7. The van der Waals surface area contributed by atoms with Crippen LogP contribution in [0.2, 0.25) is 0 Å². The molecule has 0 bridgehead atoms. The van der Waals surface area contributed by atoms with Crippen LogP contribution in [0, 0.1) is 5.92 Å². The van der Waals surface area contributed by atoms with Gasteiger partial charge in [0.2, 0.25) is 0 Å². The van der Waals surface area contributed by atoms with Crippen LogP contribution in [0.25, 0.3) is 0 Å². The molecule has 106 valence electrons. The Morgan fingerprint density at radius 3 is 2.74 bits per heavy atom. The molecule has 2 nitrogen and oxygen atoms in total. The maximum Gasteiger partial charge on any atom is 0.0237 e. The van der Waals surface area contributed by atoms with Crippen LogP contribution < -0.4 is 5.32 Å². The number of nitrogens with one attached hydrogen (secondary N) is 1. The molecular formula is C17H28N2. The lowest BCUT2D eigenvalue weighted by Crippen LogP contribution is -2.36. The summed E-state index contributed by atoms with van der Waals surface area (Å²) in [6, 6.07) is 8.87. The summed E-state index contributed by atoms with van der Waals surface area (Å²) in [7, 11) is 0. The van der Waals surface area contributed by atoms with Gasteiger partial charge in [0.25, 0.3) is 0 Å². The fourth-order valence-corrected chi connectivity index (χ4v) is 2.74. The Morgan fingerprint density at radius 1 is 1.16 bits per heavy atom. The molecule has 0 radical (unpaired) electrons. The third-order valence-corrected chi connectivity index (χ3v) is 3.95. The molecule has 19 heavy (non-hydrogen) atoms. The normalized spacial score (nSPS) is 15.7. The van der Waals surface area contributed by atoms with Crippen molar-refractivity contribution in [1.29, 1.82) is 0 Å². The van der Waals surface area contributed by atoms with E-state index in [1.165, 1.54) is 44.5 Å². The van der Waals surface area contributed by atoms with Gasteiger partial charge in [-0.15, -0.1) is 0 Å². The van der Waals surface area contributed by atoms with Gasteiger partial charge in [0, 0.05) is 26.2 Å². The summed E-state index contributed by atoms with van der Waals surface area (Å²) in [5.74, 6) is 0.834. The van der Waals surface area contributed by atoms with Crippen molar-refractivity contribution in [1.82, 2.24) is 10.2 Å². The molecule has 0 unspecified atom stereocenters. The fourth-order valence-electron chi connectivity index (χ4n) is 2.74. The molecule has 1 aliphatic rings. The Kier molecular flexibility index (Phi) is 5.87. The molecule has 1 heterocycles.